The monoisotopic (exact) mass is 387 g/mol. The summed E-state index contributed by atoms with van der Waals surface area (Å²) in [7, 11) is 0. The molecule has 3 heterocycles. The summed E-state index contributed by atoms with van der Waals surface area (Å²) in [6.45, 7) is 6.20. The number of halogens is 3. The molecule has 1 saturated heterocycles. The number of rotatable bonds is 3. The minimum Gasteiger partial charge on any atom is -0.354 e. The standard InChI is InChI=1S/C22H24F3N3/c1-13(2)20-17-11-15(14-5-8-26-9-6-14)3-4-18(17)28-21(20)16-7-10-27-19(12-16)22(23,24)25/h3-4,7,10-14,26,28H,5-6,8-9H2,1-2H3. The van der Waals surface area contributed by atoms with Crippen LogP contribution in [-0.2, 0) is 6.18 Å². The van der Waals surface area contributed by atoms with Crippen molar-refractivity contribution in [1.29, 1.82) is 0 Å². The molecule has 0 unspecified atom stereocenters. The Morgan fingerprint density at radius 2 is 1.82 bits per heavy atom. The maximum Gasteiger partial charge on any atom is 0.433 e. The molecule has 148 valence electrons. The van der Waals surface area contributed by atoms with E-state index in [2.05, 4.69) is 47.3 Å². The first-order chi connectivity index (χ1) is 13.3. The highest BCUT2D eigenvalue weighted by Crippen LogP contribution is 2.39. The van der Waals surface area contributed by atoms with Crippen molar-refractivity contribution >= 4 is 10.9 Å². The van der Waals surface area contributed by atoms with E-state index in [1.54, 1.807) is 6.07 Å². The number of nitrogens with zero attached hydrogens (tertiary/aromatic N) is 1. The zero-order chi connectivity index (χ0) is 19.9. The smallest absolute Gasteiger partial charge is 0.354 e. The maximum absolute atomic E-state index is 13.1. The van der Waals surface area contributed by atoms with Gasteiger partial charge in [0.25, 0.3) is 0 Å². The molecule has 4 rings (SSSR count). The van der Waals surface area contributed by atoms with Crippen LogP contribution in [0.15, 0.2) is 36.5 Å². The molecule has 1 aromatic carbocycles. The third-order valence-electron chi connectivity index (χ3n) is 5.59. The summed E-state index contributed by atoms with van der Waals surface area (Å²) in [5.41, 5.74) is 3.73. The number of hydrogen-bond donors (Lipinski definition) is 2. The van der Waals surface area contributed by atoms with Crippen LogP contribution in [0.5, 0.6) is 0 Å². The Morgan fingerprint density at radius 3 is 2.50 bits per heavy atom. The SMILES string of the molecule is CC(C)c1c(-c2ccnc(C(F)(F)F)c2)[nH]c2ccc(C3CCNCC3)cc12. The van der Waals surface area contributed by atoms with E-state index in [9.17, 15) is 13.2 Å². The summed E-state index contributed by atoms with van der Waals surface area (Å²) in [4.78, 5) is 6.86. The minimum atomic E-state index is -4.46. The van der Waals surface area contributed by atoms with Crippen molar-refractivity contribution in [3.8, 4) is 11.3 Å². The second-order valence-corrected chi connectivity index (χ2v) is 7.83. The Morgan fingerprint density at radius 1 is 1.07 bits per heavy atom. The van der Waals surface area contributed by atoms with Gasteiger partial charge in [-0.3, -0.25) is 4.98 Å². The van der Waals surface area contributed by atoms with Crippen molar-refractivity contribution in [1.82, 2.24) is 15.3 Å². The number of fused-ring (bicyclic) bond motifs is 1. The predicted molar refractivity (Wildman–Crippen MR) is 105 cm³/mol. The van der Waals surface area contributed by atoms with Crippen LogP contribution in [0, 0.1) is 0 Å². The highest BCUT2D eigenvalue weighted by atomic mass is 19.4. The number of H-pyrrole nitrogens is 1. The van der Waals surface area contributed by atoms with Crippen LogP contribution in [0.2, 0.25) is 0 Å². The van der Waals surface area contributed by atoms with Crippen molar-refractivity contribution in [2.75, 3.05) is 13.1 Å². The van der Waals surface area contributed by atoms with Crippen LogP contribution in [0.1, 0.15) is 55.3 Å². The van der Waals surface area contributed by atoms with Gasteiger partial charge < -0.3 is 10.3 Å². The van der Waals surface area contributed by atoms with Crippen molar-refractivity contribution in [3.63, 3.8) is 0 Å². The van der Waals surface area contributed by atoms with E-state index in [1.807, 2.05) is 0 Å². The Labute approximate surface area is 162 Å². The molecule has 0 spiro atoms. The van der Waals surface area contributed by atoms with Crippen LogP contribution >= 0.6 is 0 Å². The molecule has 2 N–H and O–H groups in total. The number of nitrogens with one attached hydrogen (secondary N) is 2. The lowest BCUT2D eigenvalue weighted by molar-refractivity contribution is -0.141. The van der Waals surface area contributed by atoms with Gasteiger partial charge in [-0.15, -0.1) is 0 Å². The van der Waals surface area contributed by atoms with Crippen LogP contribution in [0.25, 0.3) is 22.2 Å². The molecule has 1 aliphatic rings. The molecular weight excluding hydrogens is 363 g/mol. The van der Waals surface area contributed by atoms with Crippen molar-refractivity contribution in [3.05, 3.63) is 53.3 Å². The van der Waals surface area contributed by atoms with Gasteiger partial charge in [-0.05, 0) is 73.2 Å². The van der Waals surface area contributed by atoms with E-state index in [1.165, 1.54) is 11.8 Å². The highest BCUT2D eigenvalue weighted by Gasteiger charge is 2.33. The Hall–Kier alpha value is -2.34. The number of aromatic nitrogens is 2. The first kappa shape index (κ1) is 19.0. The average molecular weight is 387 g/mol. The van der Waals surface area contributed by atoms with Crippen LogP contribution in [0.3, 0.4) is 0 Å². The fraction of sp³-hybridized carbons (Fsp3) is 0.409. The number of piperidine rings is 1. The van der Waals surface area contributed by atoms with Gasteiger partial charge in [-0.1, -0.05) is 19.9 Å². The van der Waals surface area contributed by atoms with Crippen LogP contribution in [0.4, 0.5) is 13.2 Å². The summed E-state index contributed by atoms with van der Waals surface area (Å²) in [5.74, 6) is 0.705. The van der Waals surface area contributed by atoms with Crippen molar-refractivity contribution in [2.45, 2.75) is 44.7 Å². The average Bonchev–Trinajstić information content (AvgIpc) is 3.07. The number of benzene rings is 1. The molecule has 28 heavy (non-hydrogen) atoms. The summed E-state index contributed by atoms with van der Waals surface area (Å²) in [6.07, 6.45) is -1.01. The van der Waals surface area contributed by atoms with E-state index in [0.29, 0.717) is 11.5 Å². The van der Waals surface area contributed by atoms with Gasteiger partial charge in [-0.2, -0.15) is 13.2 Å². The molecule has 0 atom stereocenters. The third kappa shape index (κ3) is 3.53. The molecule has 6 heteroatoms. The largest absolute Gasteiger partial charge is 0.433 e. The molecule has 0 amide bonds. The topological polar surface area (TPSA) is 40.7 Å². The third-order valence-corrected chi connectivity index (χ3v) is 5.59. The van der Waals surface area contributed by atoms with Gasteiger partial charge in [0, 0.05) is 22.7 Å². The molecule has 0 aliphatic carbocycles. The van der Waals surface area contributed by atoms with Gasteiger partial charge in [0.1, 0.15) is 5.69 Å². The molecule has 2 aromatic heterocycles. The van der Waals surface area contributed by atoms with Crippen molar-refractivity contribution in [2.24, 2.45) is 0 Å². The number of alkyl halides is 3. The second-order valence-electron chi connectivity index (χ2n) is 7.83. The van der Waals surface area contributed by atoms with Gasteiger partial charge in [0.2, 0.25) is 0 Å². The Balaban J connectivity index is 1.84. The van der Waals surface area contributed by atoms with E-state index >= 15 is 0 Å². The number of hydrogen-bond acceptors (Lipinski definition) is 2. The lowest BCUT2D eigenvalue weighted by Crippen LogP contribution is -2.26. The molecule has 0 bridgehead atoms. The summed E-state index contributed by atoms with van der Waals surface area (Å²) in [6, 6.07) is 9.21. The molecule has 3 aromatic rings. The lowest BCUT2D eigenvalue weighted by Gasteiger charge is -2.23. The maximum atomic E-state index is 13.1. The van der Waals surface area contributed by atoms with E-state index < -0.39 is 11.9 Å². The summed E-state index contributed by atoms with van der Waals surface area (Å²) < 4.78 is 39.4. The molecular formula is C22H24F3N3. The fourth-order valence-electron chi connectivity index (χ4n) is 4.21. The first-order valence-electron chi connectivity index (χ1n) is 9.74. The first-order valence-corrected chi connectivity index (χ1v) is 9.74. The molecule has 1 fully saturated rings. The quantitative estimate of drug-likeness (QED) is 0.593. The predicted octanol–water partition coefficient (Wildman–Crippen LogP) is 5.84. The van der Waals surface area contributed by atoms with E-state index in [-0.39, 0.29) is 5.92 Å². The number of pyridine rings is 1. The van der Waals surface area contributed by atoms with Crippen LogP contribution < -0.4 is 5.32 Å². The van der Waals surface area contributed by atoms with Gasteiger partial charge in [0.05, 0.1) is 5.69 Å². The van der Waals surface area contributed by atoms with Gasteiger partial charge in [0.15, 0.2) is 0 Å². The summed E-state index contributed by atoms with van der Waals surface area (Å²) >= 11 is 0. The minimum absolute atomic E-state index is 0.175. The molecule has 3 nitrogen and oxygen atoms in total. The fourth-order valence-corrected chi connectivity index (χ4v) is 4.21. The van der Waals surface area contributed by atoms with E-state index in [0.717, 1.165) is 54.2 Å². The second kappa shape index (κ2) is 7.24. The molecule has 0 saturated carbocycles. The van der Waals surface area contributed by atoms with Crippen molar-refractivity contribution < 1.29 is 13.2 Å². The molecule has 1 aliphatic heterocycles. The van der Waals surface area contributed by atoms with Gasteiger partial charge >= 0.3 is 6.18 Å². The normalized spacial score (nSPS) is 16.2. The highest BCUT2D eigenvalue weighted by molar-refractivity contribution is 5.92. The number of aromatic amines is 1. The van der Waals surface area contributed by atoms with Crippen LogP contribution in [-0.4, -0.2) is 23.1 Å². The Bertz CT molecular complexity index is 982. The van der Waals surface area contributed by atoms with Gasteiger partial charge in [-0.25, -0.2) is 0 Å². The lowest BCUT2D eigenvalue weighted by atomic mass is 9.88. The zero-order valence-corrected chi connectivity index (χ0v) is 16.0. The Kier molecular flexibility index (Phi) is 4.91. The summed E-state index contributed by atoms with van der Waals surface area (Å²) in [5, 5.41) is 4.49. The molecule has 0 radical (unpaired) electrons. The van der Waals surface area contributed by atoms with E-state index in [4.69, 9.17) is 0 Å². The zero-order valence-electron chi connectivity index (χ0n) is 16.0.